The highest BCUT2D eigenvalue weighted by molar-refractivity contribution is 6.38. The number of aromatic nitrogens is 3. The number of nitrogens with zero attached hydrogens (tertiary/aromatic N) is 5. The third kappa shape index (κ3) is 3.25. The quantitative estimate of drug-likeness (QED) is 0.675. The van der Waals surface area contributed by atoms with Crippen LogP contribution in [0.3, 0.4) is 0 Å². The highest BCUT2D eigenvalue weighted by atomic mass is 35.5. The summed E-state index contributed by atoms with van der Waals surface area (Å²) in [6, 6.07) is 5.99. The van der Waals surface area contributed by atoms with Crippen molar-refractivity contribution < 1.29 is 9.18 Å². The number of amides is 1. The normalized spacial score (nSPS) is 15.4. The molecule has 8 heteroatoms. The third-order valence-corrected chi connectivity index (χ3v) is 5.61. The van der Waals surface area contributed by atoms with Gasteiger partial charge in [0.2, 0.25) is 0 Å². The summed E-state index contributed by atoms with van der Waals surface area (Å²) >= 11 is 6.63. The zero-order valence-corrected chi connectivity index (χ0v) is 16.6. The minimum atomic E-state index is -0.320. The van der Waals surface area contributed by atoms with Gasteiger partial charge in [0.05, 0.1) is 27.4 Å². The minimum absolute atomic E-state index is 0.107. The maximum Gasteiger partial charge on any atom is 0.257 e. The molecular weight excluding hydrogens is 381 g/mol. The lowest BCUT2D eigenvalue weighted by atomic mass is 10.1. The average Bonchev–Trinajstić information content (AvgIpc) is 3.06. The molecule has 1 saturated heterocycles. The van der Waals surface area contributed by atoms with Crippen LogP contribution in [-0.4, -0.2) is 63.2 Å². The number of piperazine rings is 1. The SMILES string of the molecule is CCN1CCN(C(=O)c2cnc3c(c(C)nn3-c3ccc(F)cc3)c2Cl)CC1. The van der Waals surface area contributed by atoms with Crippen LogP contribution in [0.1, 0.15) is 23.0 Å². The van der Waals surface area contributed by atoms with Crippen molar-refractivity contribution in [2.24, 2.45) is 0 Å². The fourth-order valence-corrected chi connectivity index (χ4v) is 3.91. The molecule has 0 aliphatic carbocycles. The molecule has 6 nitrogen and oxygen atoms in total. The van der Waals surface area contributed by atoms with Gasteiger partial charge in [0.15, 0.2) is 5.65 Å². The van der Waals surface area contributed by atoms with Gasteiger partial charge in [-0.15, -0.1) is 0 Å². The van der Waals surface area contributed by atoms with Crippen LogP contribution in [0.4, 0.5) is 4.39 Å². The minimum Gasteiger partial charge on any atom is -0.336 e. The van der Waals surface area contributed by atoms with Gasteiger partial charge in [0, 0.05) is 32.4 Å². The van der Waals surface area contributed by atoms with Crippen LogP contribution in [0.2, 0.25) is 5.02 Å². The predicted molar refractivity (Wildman–Crippen MR) is 107 cm³/mol. The van der Waals surface area contributed by atoms with Gasteiger partial charge in [-0.05, 0) is 37.7 Å². The molecule has 0 bridgehead atoms. The molecule has 3 heterocycles. The van der Waals surface area contributed by atoms with Gasteiger partial charge in [-0.3, -0.25) is 4.79 Å². The monoisotopic (exact) mass is 401 g/mol. The van der Waals surface area contributed by atoms with Gasteiger partial charge in [0.25, 0.3) is 5.91 Å². The van der Waals surface area contributed by atoms with Crippen LogP contribution in [0.15, 0.2) is 30.5 Å². The van der Waals surface area contributed by atoms with Gasteiger partial charge in [-0.2, -0.15) is 5.10 Å². The second-order valence-electron chi connectivity index (χ2n) is 6.88. The van der Waals surface area contributed by atoms with E-state index in [2.05, 4.69) is 21.9 Å². The molecule has 1 aliphatic heterocycles. The van der Waals surface area contributed by atoms with E-state index in [0.717, 1.165) is 19.6 Å². The van der Waals surface area contributed by atoms with Gasteiger partial charge < -0.3 is 9.80 Å². The highest BCUT2D eigenvalue weighted by Crippen LogP contribution is 2.30. The molecule has 0 saturated carbocycles. The summed E-state index contributed by atoms with van der Waals surface area (Å²) in [7, 11) is 0. The van der Waals surface area contributed by atoms with E-state index in [1.807, 2.05) is 11.8 Å². The molecule has 28 heavy (non-hydrogen) atoms. The van der Waals surface area contributed by atoms with E-state index in [1.165, 1.54) is 18.3 Å². The number of likely N-dealkylation sites (N-methyl/N-ethyl adjacent to an activating group) is 1. The number of rotatable bonds is 3. The Labute approximate surface area is 167 Å². The van der Waals surface area contributed by atoms with Gasteiger partial charge in [-0.1, -0.05) is 18.5 Å². The van der Waals surface area contributed by atoms with Crippen LogP contribution in [0, 0.1) is 12.7 Å². The maximum absolute atomic E-state index is 13.2. The molecule has 0 unspecified atom stereocenters. The molecule has 0 atom stereocenters. The lowest BCUT2D eigenvalue weighted by molar-refractivity contribution is 0.0643. The van der Waals surface area contributed by atoms with Crippen molar-refractivity contribution in [2.45, 2.75) is 13.8 Å². The van der Waals surface area contributed by atoms with E-state index < -0.39 is 0 Å². The Hall–Kier alpha value is -2.51. The molecular formula is C20H21ClFN5O. The second-order valence-corrected chi connectivity index (χ2v) is 7.26. The van der Waals surface area contributed by atoms with Crippen molar-refractivity contribution in [3.8, 4) is 5.69 Å². The van der Waals surface area contributed by atoms with E-state index >= 15 is 0 Å². The smallest absolute Gasteiger partial charge is 0.257 e. The molecule has 146 valence electrons. The van der Waals surface area contributed by atoms with Crippen LogP contribution < -0.4 is 0 Å². The second kappa shape index (κ2) is 7.48. The predicted octanol–water partition coefficient (Wildman–Crippen LogP) is 3.30. The summed E-state index contributed by atoms with van der Waals surface area (Å²) in [5, 5.41) is 5.50. The average molecular weight is 402 g/mol. The van der Waals surface area contributed by atoms with Gasteiger partial charge >= 0.3 is 0 Å². The standard InChI is InChI=1S/C20H21ClFN5O/c1-3-25-8-10-26(11-9-25)20(28)16-12-23-19-17(18(16)21)13(2)24-27(19)15-6-4-14(22)5-7-15/h4-7,12H,3,8-11H2,1-2H3. The Morgan fingerprint density at radius 3 is 2.50 bits per heavy atom. The fraction of sp³-hybridized carbons (Fsp3) is 0.350. The Balaban J connectivity index is 1.71. The van der Waals surface area contributed by atoms with E-state index in [0.29, 0.717) is 46.1 Å². The molecule has 4 rings (SSSR count). The number of hydrogen-bond donors (Lipinski definition) is 0. The number of hydrogen-bond acceptors (Lipinski definition) is 4. The summed E-state index contributed by atoms with van der Waals surface area (Å²) in [5.41, 5.74) is 2.28. The van der Waals surface area contributed by atoms with Crippen molar-refractivity contribution in [1.29, 1.82) is 0 Å². The zero-order chi connectivity index (χ0) is 19.8. The van der Waals surface area contributed by atoms with E-state index in [4.69, 9.17) is 11.6 Å². The lowest BCUT2D eigenvalue weighted by Crippen LogP contribution is -2.48. The Kier molecular flexibility index (Phi) is 5.03. The zero-order valence-electron chi connectivity index (χ0n) is 15.8. The van der Waals surface area contributed by atoms with Crippen molar-refractivity contribution in [3.63, 3.8) is 0 Å². The van der Waals surface area contributed by atoms with Crippen molar-refractivity contribution in [1.82, 2.24) is 24.6 Å². The Bertz CT molecular complexity index is 1030. The number of carbonyl (C=O) groups is 1. The summed E-state index contributed by atoms with van der Waals surface area (Å²) in [6.45, 7) is 7.99. The topological polar surface area (TPSA) is 54.3 Å². The third-order valence-electron chi connectivity index (χ3n) is 5.22. The summed E-state index contributed by atoms with van der Waals surface area (Å²) < 4.78 is 14.9. The number of carbonyl (C=O) groups excluding carboxylic acids is 1. The molecule has 1 aliphatic rings. The van der Waals surface area contributed by atoms with Crippen LogP contribution in [0.5, 0.6) is 0 Å². The van der Waals surface area contributed by atoms with Crippen LogP contribution in [0.25, 0.3) is 16.7 Å². The molecule has 0 N–H and O–H groups in total. The first-order valence-electron chi connectivity index (χ1n) is 9.31. The number of halogens is 2. The molecule has 3 aromatic rings. The highest BCUT2D eigenvalue weighted by Gasteiger charge is 2.26. The van der Waals surface area contributed by atoms with Crippen molar-refractivity contribution in [3.05, 3.63) is 52.6 Å². The molecule has 1 fully saturated rings. The van der Waals surface area contributed by atoms with Gasteiger partial charge in [-0.25, -0.2) is 14.1 Å². The van der Waals surface area contributed by atoms with Crippen LogP contribution in [-0.2, 0) is 0 Å². The summed E-state index contributed by atoms with van der Waals surface area (Å²) in [5.74, 6) is -0.428. The first kappa shape index (κ1) is 18.8. The molecule has 1 aromatic carbocycles. The molecule has 0 spiro atoms. The van der Waals surface area contributed by atoms with E-state index in [1.54, 1.807) is 16.8 Å². The van der Waals surface area contributed by atoms with Gasteiger partial charge in [0.1, 0.15) is 5.82 Å². The van der Waals surface area contributed by atoms with Crippen molar-refractivity contribution in [2.75, 3.05) is 32.7 Å². The number of aryl methyl sites for hydroxylation is 1. The molecule has 1 amide bonds. The summed E-state index contributed by atoms with van der Waals surface area (Å²) in [6.07, 6.45) is 1.51. The maximum atomic E-state index is 13.2. The lowest BCUT2D eigenvalue weighted by Gasteiger charge is -2.34. The Morgan fingerprint density at radius 1 is 1.18 bits per heavy atom. The first-order valence-corrected chi connectivity index (χ1v) is 9.68. The van der Waals surface area contributed by atoms with E-state index in [-0.39, 0.29) is 11.7 Å². The number of benzene rings is 1. The van der Waals surface area contributed by atoms with E-state index in [9.17, 15) is 9.18 Å². The molecule has 2 aromatic heterocycles. The first-order chi connectivity index (χ1) is 13.5. The van der Waals surface area contributed by atoms with Crippen LogP contribution >= 0.6 is 11.6 Å². The number of fused-ring (bicyclic) bond motifs is 1. The largest absolute Gasteiger partial charge is 0.336 e. The van der Waals surface area contributed by atoms with Crippen molar-refractivity contribution >= 4 is 28.5 Å². The Morgan fingerprint density at radius 2 is 1.86 bits per heavy atom. The number of pyridine rings is 1. The molecule has 0 radical (unpaired) electrons. The summed E-state index contributed by atoms with van der Waals surface area (Å²) in [4.78, 5) is 21.6. The fourth-order valence-electron chi connectivity index (χ4n) is 3.56.